The van der Waals surface area contributed by atoms with Crippen LogP contribution in [0, 0.1) is 11.3 Å². The Morgan fingerprint density at radius 1 is 1.53 bits per heavy atom. The van der Waals surface area contributed by atoms with Crippen LogP contribution in [-0.2, 0) is 14.8 Å². The summed E-state index contributed by atoms with van der Waals surface area (Å²) in [6.45, 7) is 3.71. The van der Waals surface area contributed by atoms with E-state index in [9.17, 15) is 8.42 Å². The zero-order valence-corrected chi connectivity index (χ0v) is 9.46. The number of hydrogen-bond donors (Lipinski definition) is 1. The molecule has 1 aliphatic rings. The van der Waals surface area contributed by atoms with Gasteiger partial charge in [-0.05, 0) is 6.42 Å². The Morgan fingerprint density at radius 3 is 2.60 bits per heavy atom. The minimum absolute atomic E-state index is 0.288. The molecule has 0 bridgehead atoms. The first kappa shape index (κ1) is 12.4. The van der Waals surface area contributed by atoms with Gasteiger partial charge in [0.15, 0.2) is 5.25 Å². The molecule has 0 saturated carbocycles. The largest absolute Gasteiger partial charge is 0.379 e. The van der Waals surface area contributed by atoms with Crippen LogP contribution in [0.2, 0.25) is 0 Å². The van der Waals surface area contributed by atoms with Gasteiger partial charge in [-0.2, -0.15) is 5.26 Å². The summed E-state index contributed by atoms with van der Waals surface area (Å²) in [6.07, 6.45) is 0.288. The Bertz CT molecular complexity index is 330. The number of nitrogens with zero attached hydrogens (tertiary/aromatic N) is 2. The van der Waals surface area contributed by atoms with E-state index in [1.165, 1.54) is 0 Å². The second kappa shape index (κ2) is 5.42. The van der Waals surface area contributed by atoms with Crippen molar-refractivity contribution in [2.75, 3.05) is 26.3 Å². The van der Waals surface area contributed by atoms with Gasteiger partial charge in [-0.1, -0.05) is 6.92 Å². The normalized spacial score (nSPS) is 20.8. The van der Waals surface area contributed by atoms with Crippen LogP contribution in [0.5, 0.6) is 0 Å². The molecule has 0 aromatic carbocycles. The highest BCUT2D eigenvalue weighted by Crippen LogP contribution is 2.04. The fourth-order valence-electron chi connectivity index (χ4n) is 1.28. The lowest BCUT2D eigenvalue weighted by Gasteiger charge is -2.27. The minimum Gasteiger partial charge on any atom is -0.379 e. The molecular weight excluding hydrogens is 218 g/mol. The molecule has 7 heteroatoms. The van der Waals surface area contributed by atoms with Crippen molar-refractivity contribution in [2.45, 2.75) is 18.6 Å². The van der Waals surface area contributed by atoms with Crippen LogP contribution in [0.15, 0.2) is 0 Å². The molecule has 86 valence electrons. The maximum absolute atomic E-state index is 11.6. The second-order valence-electron chi connectivity index (χ2n) is 3.26. The predicted molar refractivity (Wildman–Crippen MR) is 54.1 cm³/mol. The molecule has 0 aromatic rings. The number of nitrogens with one attached hydrogen (secondary N) is 1. The van der Waals surface area contributed by atoms with Crippen LogP contribution in [0.25, 0.3) is 0 Å². The van der Waals surface area contributed by atoms with Crippen molar-refractivity contribution in [1.82, 2.24) is 9.84 Å². The molecule has 1 fully saturated rings. The lowest BCUT2D eigenvalue weighted by Crippen LogP contribution is -2.50. The van der Waals surface area contributed by atoms with Crippen molar-refractivity contribution in [3.8, 4) is 6.07 Å². The zero-order chi connectivity index (χ0) is 11.3. The van der Waals surface area contributed by atoms with E-state index < -0.39 is 15.3 Å². The van der Waals surface area contributed by atoms with E-state index in [2.05, 4.69) is 4.83 Å². The molecule has 15 heavy (non-hydrogen) atoms. The van der Waals surface area contributed by atoms with Crippen LogP contribution in [0.3, 0.4) is 0 Å². The summed E-state index contributed by atoms with van der Waals surface area (Å²) in [5.74, 6) is 0. The maximum atomic E-state index is 11.6. The van der Waals surface area contributed by atoms with Gasteiger partial charge in [0.1, 0.15) is 0 Å². The predicted octanol–water partition coefficient (Wildman–Crippen LogP) is -0.545. The van der Waals surface area contributed by atoms with Gasteiger partial charge < -0.3 is 4.74 Å². The molecule has 0 aliphatic carbocycles. The van der Waals surface area contributed by atoms with Crippen molar-refractivity contribution >= 4 is 10.0 Å². The van der Waals surface area contributed by atoms with E-state index >= 15 is 0 Å². The van der Waals surface area contributed by atoms with Gasteiger partial charge >= 0.3 is 0 Å². The highest BCUT2D eigenvalue weighted by atomic mass is 32.2. The van der Waals surface area contributed by atoms with E-state index in [0.29, 0.717) is 26.3 Å². The summed E-state index contributed by atoms with van der Waals surface area (Å²) in [7, 11) is -3.56. The highest BCUT2D eigenvalue weighted by molar-refractivity contribution is 7.90. The average Bonchev–Trinajstić information content (AvgIpc) is 2.19. The number of hydrogen-bond acceptors (Lipinski definition) is 5. The third-order valence-electron chi connectivity index (χ3n) is 2.16. The zero-order valence-electron chi connectivity index (χ0n) is 8.64. The van der Waals surface area contributed by atoms with Gasteiger partial charge in [0, 0.05) is 13.1 Å². The number of rotatable bonds is 4. The average molecular weight is 233 g/mol. The number of ether oxygens (including phenoxy) is 1. The molecule has 1 unspecified atom stereocenters. The smallest absolute Gasteiger partial charge is 0.240 e. The standard InChI is InChI=1S/C8H15N3O3S/c1-2-8(7-9)15(12,13)10-11-3-5-14-6-4-11/h8,10H,2-6H2,1H3. The Hall–Kier alpha value is -0.680. The topological polar surface area (TPSA) is 82.4 Å². The first-order valence-corrected chi connectivity index (χ1v) is 6.38. The maximum Gasteiger partial charge on any atom is 0.240 e. The van der Waals surface area contributed by atoms with Gasteiger partial charge in [0.2, 0.25) is 10.0 Å². The summed E-state index contributed by atoms with van der Waals surface area (Å²) in [5, 5.41) is 9.26. The molecular formula is C8H15N3O3S. The molecule has 1 rings (SSSR count). The van der Waals surface area contributed by atoms with Crippen molar-refractivity contribution < 1.29 is 13.2 Å². The van der Waals surface area contributed by atoms with Crippen LogP contribution in [0.4, 0.5) is 0 Å². The van der Waals surface area contributed by atoms with Gasteiger partial charge in [-0.3, -0.25) is 0 Å². The van der Waals surface area contributed by atoms with Gasteiger partial charge in [-0.15, -0.1) is 4.83 Å². The molecule has 0 spiro atoms. The molecule has 0 aromatic heterocycles. The number of nitriles is 1. The first-order valence-electron chi connectivity index (χ1n) is 4.83. The first-order chi connectivity index (χ1) is 7.10. The lowest BCUT2D eigenvalue weighted by atomic mass is 10.4. The van der Waals surface area contributed by atoms with Gasteiger partial charge in [-0.25, -0.2) is 13.4 Å². The van der Waals surface area contributed by atoms with Crippen LogP contribution < -0.4 is 4.83 Å². The Balaban J connectivity index is 2.59. The van der Waals surface area contributed by atoms with Gasteiger partial charge in [0.05, 0.1) is 19.3 Å². The second-order valence-corrected chi connectivity index (χ2v) is 5.10. The molecule has 1 atom stereocenters. The highest BCUT2D eigenvalue weighted by Gasteiger charge is 2.26. The molecule has 6 nitrogen and oxygen atoms in total. The van der Waals surface area contributed by atoms with Crippen molar-refractivity contribution in [2.24, 2.45) is 0 Å². The van der Waals surface area contributed by atoms with Crippen LogP contribution in [-0.4, -0.2) is 45.0 Å². The number of sulfonamides is 1. The summed E-state index contributed by atoms with van der Waals surface area (Å²) in [6, 6.07) is 1.77. The fraction of sp³-hybridized carbons (Fsp3) is 0.875. The monoisotopic (exact) mass is 233 g/mol. The molecule has 1 saturated heterocycles. The SMILES string of the molecule is CCC(C#N)S(=O)(=O)NN1CCOCC1. The Kier molecular flexibility index (Phi) is 4.47. The lowest BCUT2D eigenvalue weighted by molar-refractivity contribution is 0.0271. The van der Waals surface area contributed by atoms with Gasteiger partial charge in [0.25, 0.3) is 0 Å². The fourth-order valence-corrected chi connectivity index (χ4v) is 2.53. The Labute approximate surface area is 89.8 Å². The third kappa shape index (κ3) is 3.43. The van der Waals surface area contributed by atoms with E-state index in [4.69, 9.17) is 10.00 Å². The summed E-state index contributed by atoms with van der Waals surface area (Å²) in [5.41, 5.74) is 0. The molecule has 0 radical (unpaired) electrons. The van der Waals surface area contributed by atoms with Crippen LogP contribution in [0.1, 0.15) is 13.3 Å². The quantitative estimate of drug-likeness (QED) is 0.705. The van der Waals surface area contributed by atoms with Crippen molar-refractivity contribution in [1.29, 1.82) is 5.26 Å². The summed E-state index contributed by atoms with van der Waals surface area (Å²) < 4.78 is 28.4. The van der Waals surface area contributed by atoms with E-state index in [0.717, 1.165) is 0 Å². The molecule has 0 amide bonds. The third-order valence-corrected chi connectivity index (χ3v) is 3.86. The van der Waals surface area contributed by atoms with E-state index in [1.54, 1.807) is 18.0 Å². The molecule has 1 aliphatic heterocycles. The van der Waals surface area contributed by atoms with Crippen molar-refractivity contribution in [3.63, 3.8) is 0 Å². The van der Waals surface area contributed by atoms with E-state index in [-0.39, 0.29) is 6.42 Å². The number of morpholine rings is 1. The minimum atomic E-state index is -3.56. The number of hydrazine groups is 1. The Morgan fingerprint density at radius 2 is 2.13 bits per heavy atom. The van der Waals surface area contributed by atoms with Crippen LogP contribution >= 0.6 is 0 Å². The summed E-state index contributed by atoms with van der Waals surface area (Å²) >= 11 is 0. The van der Waals surface area contributed by atoms with Crippen molar-refractivity contribution in [3.05, 3.63) is 0 Å². The van der Waals surface area contributed by atoms with E-state index in [1.807, 2.05) is 0 Å². The summed E-state index contributed by atoms with van der Waals surface area (Å²) in [4.78, 5) is 2.40. The molecule has 1 heterocycles. The molecule has 1 N–H and O–H groups in total.